The predicted molar refractivity (Wildman–Crippen MR) is 119 cm³/mol. The minimum atomic E-state index is -0.688. The molecule has 0 aromatic heterocycles. The third-order valence-corrected chi connectivity index (χ3v) is 4.60. The minimum absolute atomic E-state index is 0.0198. The lowest BCUT2D eigenvalue weighted by Crippen LogP contribution is -2.01. The number of para-hydroxylation sites is 1. The lowest BCUT2D eigenvalue weighted by molar-refractivity contribution is 0.102. The number of carbonyl (C=O) groups excluding carboxylic acids is 2. The van der Waals surface area contributed by atoms with E-state index < -0.39 is 23.0 Å². The fourth-order valence-corrected chi connectivity index (χ4v) is 2.91. The quantitative estimate of drug-likeness (QED) is 0.278. The monoisotopic (exact) mass is 428 g/mol. The van der Waals surface area contributed by atoms with Crippen LogP contribution in [0.4, 0.5) is 0 Å². The molecular formula is C26H20O6. The first-order valence-electron chi connectivity index (χ1n) is 9.61. The molecule has 0 bridgehead atoms. The maximum Gasteiger partial charge on any atom is 0.201 e. The summed E-state index contributed by atoms with van der Waals surface area (Å²) >= 11 is 0. The second-order valence-corrected chi connectivity index (χ2v) is 6.74. The topological polar surface area (TPSA) is 115 Å². The zero-order chi connectivity index (χ0) is 23.1. The highest BCUT2D eigenvalue weighted by Gasteiger charge is 2.18. The summed E-state index contributed by atoms with van der Waals surface area (Å²) in [5.74, 6) is -2.32. The van der Waals surface area contributed by atoms with Crippen LogP contribution < -0.4 is 0 Å². The number of hydrogen-bond acceptors (Lipinski definition) is 6. The fourth-order valence-electron chi connectivity index (χ4n) is 2.91. The zero-order valence-corrected chi connectivity index (χ0v) is 16.8. The van der Waals surface area contributed by atoms with Crippen molar-refractivity contribution < 1.29 is 30.0 Å². The van der Waals surface area contributed by atoms with Gasteiger partial charge in [0.2, 0.25) is 5.75 Å². The van der Waals surface area contributed by atoms with Crippen molar-refractivity contribution in [3.63, 3.8) is 0 Å². The Kier molecular flexibility index (Phi) is 6.88. The highest BCUT2D eigenvalue weighted by molar-refractivity contribution is 6.11. The number of hydrogen-bond donors (Lipinski definition) is 4. The summed E-state index contributed by atoms with van der Waals surface area (Å²) in [4.78, 5) is 23.9. The summed E-state index contributed by atoms with van der Waals surface area (Å²) in [6.07, 6.45) is 0. The van der Waals surface area contributed by atoms with Crippen LogP contribution in [0.3, 0.4) is 0 Å². The first-order valence-corrected chi connectivity index (χ1v) is 9.61. The van der Waals surface area contributed by atoms with Crippen molar-refractivity contribution in [2.24, 2.45) is 0 Å². The van der Waals surface area contributed by atoms with E-state index in [-0.39, 0.29) is 17.1 Å². The highest BCUT2D eigenvalue weighted by Crippen LogP contribution is 2.37. The van der Waals surface area contributed by atoms with Gasteiger partial charge in [-0.25, -0.2) is 0 Å². The third-order valence-electron chi connectivity index (χ3n) is 4.60. The predicted octanol–water partition coefficient (Wildman–Crippen LogP) is 4.66. The van der Waals surface area contributed by atoms with Crippen LogP contribution in [0.25, 0.3) is 0 Å². The molecule has 0 radical (unpaired) electrons. The zero-order valence-electron chi connectivity index (χ0n) is 16.8. The SMILES string of the molecule is O=C(c1ccccc1)c1ccc(O)c(O)c1O.O=C(c1ccccc1)c1ccccc1O. The largest absolute Gasteiger partial charge is 0.507 e. The number of carbonyl (C=O) groups is 2. The number of aromatic hydroxyl groups is 4. The van der Waals surface area contributed by atoms with Gasteiger partial charge in [-0.3, -0.25) is 9.59 Å². The average Bonchev–Trinajstić information content (AvgIpc) is 2.84. The molecule has 4 rings (SSSR count). The molecule has 0 aliphatic rings. The number of phenolic OH excluding ortho intramolecular Hbond substituents is 4. The summed E-state index contributed by atoms with van der Waals surface area (Å²) in [6, 6.07) is 26.3. The van der Waals surface area contributed by atoms with Crippen molar-refractivity contribution in [2.45, 2.75) is 0 Å². The van der Waals surface area contributed by atoms with Gasteiger partial charge in [0.05, 0.1) is 11.1 Å². The van der Waals surface area contributed by atoms with E-state index in [1.807, 2.05) is 6.07 Å². The van der Waals surface area contributed by atoms with Gasteiger partial charge in [0, 0.05) is 11.1 Å². The number of benzene rings is 4. The first kappa shape index (κ1) is 22.1. The van der Waals surface area contributed by atoms with E-state index in [2.05, 4.69) is 0 Å². The van der Waals surface area contributed by atoms with Gasteiger partial charge in [-0.1, -0.05) is 72.8 Å². The van der Waals surface area contributed by atoms with Gasteiger partial charge in [-0.05, 0) is 24.3 Å². The van der Waals surface area contributed by atoms with E-state index in [0.29, 0.717) is 16.7 Å². The van der Waals surface area contributed by atoms with Crippen LogP contribution in [0.2, 0.25) is 0 Å². The average molecular weight is 428 g/mol. The smallest absolute Gasteiger partial charge is 0.201 e. The molecule has 0 heterocycles. The fraction of sp³-hybridized carbons (Fsp3) is 0. The lowest BCUT2D eigenvalue weighted by atomic mass is 10.0. The summed E-state index contributed by atoms with van der Waals surface area (Å²) in [5, 5.41) is 37.6. The molecule has 4 N–H and O–H groups in total. The van der Waals surface area contributed by atoms with Gasteiger partial charge in [0.25, 0.3) is 0 Å². The third kappa shape index (κ3) is 4.94. The molecule has 0 fully saturated rings. The van der Waals surface area contributed by atoms with Crippen LogP contribution in [0.5, 0.6) is 23.0 Å². The Morgan fingerprint density at radius 2 is 0.906 bits per heavy atom. The summed E-state index contributed by atoms with van der Waals surface area (Å²) in [6.45, 7) is 0. The molecule has 160 valence electrons. The Hall–Kier alpha value is -4.58. The van der Waals surface area contributed by atoms with Crippen molar-refractivity contribution in [1.29, 1.82) is 0 Å². The normalized spacial score (nSPS) is 10.0. The van der Waals surface area contributed by atoms with Crippen molar-refractivity contribution in [2.75, 3.05) is 0 Å². The maximum absolute atomic E-state index is 12.0. The van der Waals surface area contributed by atoms with Crippen LogP contribution in [0.15, 0.2) is 97.1 Å². The van der Waals surface area contributed by atoms with Crippen LogP contribution in [0, 0.1) is 0 Å². The van der Waals surface area contributed by atoms with Gasteiger partial charge < -0.3 is 20.4 Å². The van der Waals surface area contributed by atoms with E-state index in [1.165, 1.54) is 12.1 Å². The van der Waals surface area contributed by atoms with E-state index in [1.54, 1.807) is 72.8 Å². The van der Waals surface area contributed by atoms with Crippen molar-refractivity contribution in [3.05, 3.63) is 119 Å². The van der Waals surface area contributed by atoms with Gasteiger partial charge in [0.1, 0.15) is 5.75 Å². The summed E-state index contributed by atoms with van der Waals surface area (Å²) in [5.41, 5.74) is 1.27. The van der Waals surface area contributed by atoms with Crippen molar-refractivity contribution in [3.8, 4) is 23.0 Å². The van der Waals surface area contributed by atoms with Crippen LogP contribution in [-0.4, -0.2) is 32.0 Å². The molecule has 0 spiro atoms. The Labute approximate surface area is 184 Å². The van der Waals surface area contributed by atoms with Gasteiger partial charge in [-0.2, -0.15) is 0 Å². The molecule has 0 aliphatic carbocycles. The van der Waals surface area contributed by atoms with E-state index in [0.717, 1.165) is 6.07 Å². The molecule has 4 aromatic carbocycles. The molecule has 6 heteroatoms. The Morgan fingerprint density at radius 1 is 0.438 bits per heavy atom. The van der Waals surface area contributed by atoms with E-state index in [9.17, 15) is 24.9 Å². The van der Waals surface area contributed by atoms with Crippen molar-refractivity contribution in [1.82, 2.24) is 0 Å². The molecule has 0 unspecified atom stereocenters. The van der Waals surface area contributed by atoms with Crippen LogP contribution in [-0.2, 0) is 0 Å². The molecule has 0 aliphatic heterocycles. The molecule has 0 atom stereocenters. The highest BCUT2D eigenvalue weighted by atomic mass is 16.3. The Balaban J connectivity index is 0.000000182. The molecule has 6 nitrogen and oxygen atoms in total. The second kappa shape index (κ2) is 9.95. The summed E-state index contributed by atoms with van der Waals surface area (Å²) in [7, 11) is 0. The molecule has 0 saturated heterocycles. The molecule has 32 heavy (non-hydrogen) atoms. The van der Waals surface area contributed by atoms with Crippen LogP contribution in [0.1, 0.15) is 31.8 Å². The van der Waals surface area contributed by atoms with Gasteiger partial charge in [0.15, 0.2) is 23.1 Å². The molecule has 0 amide bonds. The Morgan fingerprint density at radius 3 is 1.44 bits per heavy atom. The molecular weight excluding hydrogens is 408 g/mol. The van der Waals surface area contributed by atoms with Gasteiger partial charge in [-0.15, -0.1) is 0 Å². The van der Waals surface area contributed by atoms with E-state index in [4.69, 9.17) is 5.11 Å². The van der Waals surface area contributed by atoms with Crippen LogP contribution >= 0.6 is 0 Å². The lowest BCUT2D eigenvalue weighted by Gasteiger charge is -2.06. The van der Waals surface area contributed by atoms with Gasteiger partial charge >= 0.3 is 0 Å². The standard InChI is InChI=1S/C13H10O4.C13H10O2/c14-10-7-6-9(12(16)13(10)17)11(15)8-4-2-1-3-5-8;14-12-9-5-4-8-11(12)13(15)10-6-2-1-3-7-10/h1-7,14,16-17H;1-9,14H. The first-order chi connectivity index (χ1) is 15.4. The number of ketones is 2. The number of phenols is 4. The number of rotatable bonds is 4. The Bertz CT molecular complexity index is 1230. The molecule has 0 saturated carbocycles. The second-order valence-electron chi connectivity index (χ2n) is 6.74. The summed E-state index contributed by atoms with van der Waals surface area (Å²) < 4.78 is 0. The van der Waals surface area contributed by atoms with Crippen molar-refractivity contribution >= 4 is 11.6 Å². The van der Waals surface area contributed by atoms with E-state index >= 15 is 0 Å². The minimum Gasteiger partial charge on any atom is -0.507 e. The molecule has 4 aromatic rings. The maximum atomic E-state index is 12.0.